The molecule has 0 saturated carbocycles. The highest BCUT2D eigenvalue weighted by Crippen LogP contribution is 2.29. The van der Waals surface area contributed by atoms with E-state index in [-0.39, 0.29) is 16.4 Å². The average molecular weight is 474 g/mol. The fourth-order valence-electron chi connectivity index (χ4n) is 2.70. The van der Waals surface area contributed by atoms with E-state index in [4.69, 9.17) is 21.6 Å². The molecular formula is C22H17ClFN3O4S. The molecule has 0 heterocycles. The molecule has 10 heteroatoms. The first-order chi connectivity index (χ1) is 15.2. The number of anilines is 2. The zero-order valence-electron chi connectivity index (χ0n) is 16.7. The first-order valence-electron chi connectivity index (χ1n) is 9.24. The summed E-state index contributed by atoms with van der Waals surface area (Å²) >= 11 is 6.01. The number of benzene rings is 3. The lowest BCUT2D eigenvalue weighted by Crippen LogP contribution is -2.30. The van der Waals surface area contributed by atoms with E-state index in [1.54, 1.807) is 18.2 Å². The Morgan fingerprint density at radius 1 is 1.09 bits per heavy atom. The largest absolute Gasteiger partial charge is 0.481 e. The van der Waals surface area contributed by atoms with Crippen LogP contribution >= 0.6 is 11.6 Å². The van der Waals surface area contributed by atoms with Crippen LogP contribution in [0.15, 0.2) is 71.6 Å². The lowest BCUT2D eigenvalue weighted by atomic mass is 10.2. The van der Waals surface area contributed by atoms with Crippen LogP contribution in [-0.2, 0) is 14.8 Å². The Kier molecular flexibility index (Phi) is 6.98. The zero-order valence-corrected chi connectivity index (χ0v) is 18.2. The highest BCUT2D eigenvalue weighted by Gasteiger charge is 2.22. The van der Waals surface area contributed by atoms with Gasteiger partial charge in [0.2, 0.25) is 0 Å². The molecule has 3 aromatic rings. The van der Waals surface area contributed by atoms with Gasteiger partial charge in [-0.2, -0.15) is 5.26 Å². The number of ether oxygens (including phenoxy) is 1. The van der Waals surface area contributed by atoms with Crippen LogP contribution < -0.4 is 14.8 Å². The molecule has 164 valence electrons. The van der Waals surface area contributed by atoms with Crippen LogP contribution in [0.3, 0.4) is 0 Å². The van der Waals surface area contributed by atoms with E-state index in [1.807, 2.05) is 6.07 Å². The smallest absolute Gasteiger partial charge is 0.265 e. The lowest BCUT2D eigenvalue weighted by molar-refractivity contribution is -0.122. The third-order valence-corrected chi connectivity index (χ3v) is 5.89. The lowest BCUT2D eigenvalue weighted by Gasteiger charge is -2.18. The number of carbonyl (C=O) groups excluding carboxylic acids is 1. The van der Waals surface area contributed by atoms with Crippen LogP contribution in [0.4, 0.5) is 15.8 Å². The van der Waals surface area contributed by atoms with Gasteiger partial charge in [-0.25, -0.2) is 12.8 Å². The average Bonchev–Trinajstić information content (AvgIpc) is 2.75. The van der Waals surface area contributed by atoms with Gasteiger partial charge >= 0.3 is 0 Å². The van der Waals surface area contributed by atoms with Crippen molar-refractivity contribution in [1.29, 1.82) is 5.26 Å². The van der Waals surface area contributed by atoms with E-state index in [9.17, 15) is 17.6 Å². The fraction of sp³-hybridized carbons (Fsp3) is 0.0909. The van der Waals surface area contributed by atoms with Crippen molar-refractivity contribution in [3.05, 3.63) is 83.1 Å². The quantitative estimate of drug-likeness (QED) is 0.523. The molecule has 1 unspecified atom stereocenters. The van der Waals surface area contributed by atoms with Gasteiger partial charge in [-0.1, -0.05) is 29.8 Å². The van der Waals surface area contributed by atoms with Gasteiger partial charge in [0.1, 0.15) is 16.5 Å². The summed E-state index contributed by atoms with van der Waals surface area (Å²) in [5.74, 6) is -1.19. The van der Waals surface area contributed by atoms with E-state index in [1.165, 1.54) is 43.3 Å². The van der Waals surface area contributed by atoms with E-state index in [0.717, 1.165) is 12.1 Å². The third-order valence-electron chi connectivity index (χ3n) is 4.26. The van der Waals surface area contributed by atoms with Crippen molar-refractivity contribution in [2.24, 2.45) is 0 Å². The van der Waals surface area contributed by atoms with Gasteiger partial charge in [0.15, 0.2) is 6.10 Å². The summed E-state index contributed by atoms with van der Waals surface area (Å²) in [5, 5.41) is 11.8. The molecule has 1 amide bonds. The van der Waals surface area contributed by atoms with Crippen LogP contribution in [-0.4, -0.2) is 20.4 Å². The fourth-order valence-corrected chi connectivity index (χ4v) is 4.03. The van der Waals surface area contributed by atoms with Gasteiger partial charge in [-0.15, -0.1) is 0 Å². The monoisotopic (exact) mass is 473 g/mol. The summed E-state index contributed by atoms with van der Waals surface area (Å²) in [6.07, 6.45) is -0.987. The highest BCUT2D eigenvalue weighted by molar-refractivity contribution is 7.92. The summed E-state index contributed by atoms with van der Waals surface area (Å²) in [5.41, 5.74) is 0.420. The molecule has 0 aliphatic rings. The Hall–Kier alpha value is -3.61. The molecule has 32 heavy (non-hydrogen) atoms. The van der Waals surface area contributed by atoms with Gasteiger partial charge in [0.25, 0.3) is 15.9 Å². The minimum absolute atomic E-state index is 0.00955. The summed E-state index contributed by atoms with van der Waals surface area (Å²) in [7, 11) is -4.27. The summed E-state index contributed by atoms with van der Waals surface area (Å²) in [4.78, 5) is 12.1. The number of rotatable bonds is 7. The van der Waals surface area contributed by atoms with Crippen LogP contribution in [0.1, 0.15) is 12.5 Å². The number of hydrogen-bond donors (Lipinski definition) is 2. The van der Waals surface area contributed by atoms with Crippen LogP contribution in [0.5, 0.6) is 5.75 Å². The van der Waals surface area contributed by atoms with Crippen LogP contribution in [0.25, 0.3) is 0 Å². The number of amides is 1. The Morgan fingerprint density at radius 2 is 1.84 bits per heavy atom. The van der Waals surface area contributed by atoms with Crippen molar-refractivity contribution in [3.63, 3.8) is 0 Å². The second-order valence-electron chi connectivity index (χ2n) is 6.61. The molecule has 7 nitrogen and oxygen atoms in total. The van der Waals surface area contributed by atoms with Crippen molar-refractivity contribution in [3.8, 4) is 11.8 Å². The van der Waals surface area contributed by atoms with E-state index >= 15 is 0 Å². The standard InChI is InChI=1S/C22H17ClFN3O4S/c1-14(31-17-6-4-5-15(11-17)13-25)22(28)26-20-12-16(23)9-10-19(20)27-32(29,30)21-8-3-2-7-18(21)24/h2-12,14,27H,1H3,(H,26,28). The topological polar surface area (TPSA) is 108 Å². The van der Waals surface area contributed by atoms with Crippen LogP contribution in [0.2, 0.25) is 5.02 Å². The Bertz CT molecular complexity index is 1310. The van der Waals surface area contributed by atoms with Crippen molar-refractivity contribution in [1.82, 2.24) is 0 Å². The minimum Gasteiger partial charge on any atom is -0.481 e. The van der Waals surface area contributed by atoms with E-state index < -0.39 is 32.7 Å². The number of nitrogens with one attached hydrogen (secondary N) is 2. The molecule has 0 saturated heterocycles. The predicted octanol–water partition coefficient (Wildman–Crippen LogP) is 4.56. The van der Waals surface area contributed by atoms with Crippen LogP contribution in [0, 0.1) is 17.1 Å². The molecule has 0 fully saturated rings. The zero-order chi connectivity index (χ0) is 23.3. The SMILES string of the molecule is CC(Oc1cccc(C#N)c1)C(=O)Nc1cc(Cl)ccc1NS(=O)(=O)c1ccccc1F. The number of nitrogens with zero attached hydrogens (tertiary/aromatic N) is 1. The van der Waals surface area contributed by atoms with Gasteiger partial charge in [-0.3, -0.25) is 9.52 Å². The molecule has 3 aromatic carbocycles. The molecule has 0 aliphatic heterocycles. The third kappa shape index (κ3) is 5.55. The predicted molar refractivity (Wildman–Crippen MR) is 119 cm³/mol. The Balaban J connectivity index is 1.81. The summed E-state index contributed by atoms with van der Waals surface area (Å²) in [6.45, 7) is 1.49. The molecule has 0 aliphatic carbocycles. The van der Waals surface area contributed by atoms with Crippen molar-refractivity contribution >= 4 is 38.9 Å². The molecule has 3 rings (SSSR count). The number of carbonyl (C=O) groups is 1. The highest BCUT2D eigenvalue weighted by atomic mass is 35.5. The van der Waals surface area contributed by atoms with E-state index in [2.05, 4.69) is 10.0 Å². The second-order valence-corrected chi connectivity index (χ2v) is 8.70. The number of halogens is 2. The second kappa shape index (κ2) is 9.68. The number of hydrogen-bond acceptors (Lipinski definition) is 5. The summed E-state index contributed by atoms with van der Waals surface area (Å²) in [6, 6.07) is 17.3. The number of nitriles is 1. The van der Waals surface area contributed by atoms with Gasteiger partial charge in [0, 0.05) is 5.02 Å². The van der Waals surface area contributed by atoms with Gasteiger partial charge in [0.05, 0.1) is 23.0 Å². The molecule has 0 radical (unpaired) electrons. The molecule has 0 aromatic heterocycles. The maximum Gasteiger partial charge on any atom is 0.265 e. The molecule has 2 N–H and O–H groups in total. The maximum absolute atomic E-state index is 14.0. The molecule has 1 atom stereocenters. The maximum atomic E-state index is 14.0. The first kappa shape index (κ1) is 23.1. The van der Waals surface area contributed by atoms with Crippen molar-refractivity contribution < 1.29 is 22.3 Å². The van der Waals surface area contributed by atoms with Gasteiger partial charge in [-0.05, 0) is 55.5 Å². The molecule has 0 bridgehead atoms. The van der Waals surface area contributed by atoms with Crippen molar-refractivity contribution in [2.75, 3.05) is 10.0 Å². The first-order valence-corrected chi connectivity index (χ1v) is 11.1. The summed E-state index contributed by atoms with van der Waals surface area (Å²) < 4.78 is 47.1. The Labute approximate surface area is 189 Å². The van der Waals surface area contributed by atoms with E-state index in [0.29, 0.717) is 11.3 Å². The van der Waals surface area contributed by atoms with Gasteiger partial charge < -0.3 is 10.1 Å². The minimum atomic E-state index is -4.27. The van der Waals surface area contributed by atoms with Crippen molar-refractivity contribution in [2.45, 2.75) is 17.9 Å². The normalized spacial score (nSPS) is 11.8. The molecular weight excluding hydrogens is 457 g/mol. The Morgan fingerprint density at radius 3 is 2.56 bits per heavy atom. The number of sulfonamides is 1. The molecule has 0 spiro atoms.